The number of nitrogens with one attached hydrogen (secondary N) is 1. The molecular weight excluding hydrogens is 466 g/mol. The summed E-state index contributed by atoms with van der Waals surface area (Å²) < 4.78 is 36.4. The number of hydrogen-bond donors (Lipinski definition) is 2. The van der Waals surface area contributed by atoms with E-state index in [1.807, 2.05) is 4.90 Å². The van der Waals surface area contributed by atoms with E-state index >= 15 is 4.39 Å². The van der Waals surface area contributed by atoms with E-state index in [0.717, 1.165) is 6.07 Å². The third-order valence-electron chi connectivity index (χ3n) is 6.07. The van der Waals surface area contributed by atoms with Gasteiger partial charge in [-0.05, 0) is 24.3 Å². The van der Waals surface area contributed by atoms with Crippen LogP contribution in [0.2, 0.25) is 5.02 Å². The van der Waals surface area contributed by atoms with Gasteiger partial charge < -0.3 is 25.0 Å². The van der Waals surface area contributed by atoms with Crippen molar-refractivity contribution in [1.82, 2.24) is 9.88 Å². The van der Waals surface area contributed by atoms with Crippen molar-refractivity contribution in [3.8, 4) is 22.6 Å². The van der Waals surface area contributed by atoms with Gasteiger partial charge in [-0.1, -0.05) is 24.2 Å². The van der Waals surface area contributed by atoms with Gasteiger partial charge in [-0.25, -0.2) is 13.8 Å². The van der Waals surface area contributed by atoms with Gasteiger partial charge in [-0.3, -0.25) is 4.79 Å². The minimum atomic E-state index is -0.847. The average molecular weight is 487 g/mol. The Hall–Kier alpha value is -3.59. The number of piperazine rings is 1. The minimum Gasteiger partial charge on any atom is -0.507 e. The predicted molar refractivity (Wildman–Crippen MR) is 127 cm³/mol. The quantitative estimate of drug-likeness (QED) is 0.541. The lowest BCUT2D eigenvalue weighted by Crippen LogP contribution is -2.48. The Bertz CT molecular complexity index is 1310. The number of amides is 1. The molecule has 0 aliphatic carbocycles. The lowest BCUT2D eigenvalue weighted by molar-refractivity contribution is -0.126. The molecule has 34 heavy (non-hydrogen) atoms. The van der Waals surface area contributed by atoms with Crippen LogP contribution in [0.1, 0.15) is 0 Å². The van der Waals surface area contributed by atoms with Crippen LogP contribution < -0.4 is 15.0 Å². The van der Waals surface area contributed by atoms with Gasteiger partial charge in [0.1, 0.15) is 23.7 Å². The highest BCUT2D eigenvalue weighted by atomic mass is 35.5. The van der Waals surface area contributed by atoms with Crippen molar-refractivity contribution in [2.45, 2.75) is 0 Å². The first kappa shape index (κ1) is 22.2. The van der Waals surface area contributed by atoms with E-state index in [9.17, 15) is 14.3 Å². The number of anilines is 2. The molecule has 2 N–H and O–H groups in total. The summed E-state index contributed by atoms with van der Waals surface area (Å²) in [7, 11) is 0. The number of carbonyl (C=O) groups is 1. The Kier molecular flexibility index (Phi) is 5.65. The molecule has 2 aromatic carbocycles. The van der Waals surface area contributed by atoms with Crippen LogP contribution in [0.5, 0.6) is 11.5 Å². The molecule has 5 rings (SSSR count). The number of fused-ring (bicyclic) bond motifs is 2. The average Bonchev–Trinajstić information content (AvgIpc) is 2.84. The topological polar surface area (TPSA) is 77.9 Å². The second-order valence-corrected chi connectivity index (χ2v) is 8.41. The maximum absolute atomic E-state index is 15.9. The van der Waals surface area contributed by atoms with Gasteiger partial charge in [0, 0.05) is 37.1 Å². The number of hydrogen-bond acceptors (Lipinski definition) is 6. The predicted octanol–water partition coefficient (Wildman–Crippen LogP) is 4.18. The van der Waals surface area contributed by atoms with Crippen molar-refractivity contribution < 1.29 is 23.4 Å². The fourth-order valence-corrected chi connectivity index (χ4v) is 4.74. The van der Waals surface area contributed by atoms with Crippen molar-refractivity contribution >= 4 is 39.9 Å². The summed E-state index contributed by atoms with van der Waals surface area (Å²) in [6, 6.07) is 5.23. The SMILES string of the molecule is C=CC(=O)N1CCN(c2c3c(nc4c(F)c(-c5c(O)cccc5F)c(Cl)cc24)NCCO3)CC1. The molecule has 2 aliphatic rings. The van der Waals surface area contributed by atoms with E-state index in [2.05, 4.69) is 16.9 Å². The van der Waals surface area contributed by atoms with Crippen LogP contribution in [-0.2, 0) is 4.79 Å². The van der Waals surface area contributed by atoms with Crippen molar-refractivity contribution in [2.24, 2.45) is 0 Å². The molecule has 1 amide bonds. The highest BCUT2D eigenvalue weighted by Gasteiger charge is 2.30. The molecule has 0 radical (unpaired) electrons. The van der Waals surface area contributed by atoms with Crippen LogP contribution in [0.15, 0.2) is 36.9 Å². The molecule has 10 heteroatoms. The zero-order chi connectivity index (χ0) is 24.0. The molecule has 7 nitrogen and oxygen atoms in total. The normalized spacial score (nSPS) is 15.5. The molecule has 1 aromatic heterocycles. The Morgan fingerprint density at radius 2 is 2.00 bits per heavy atom. The van der Waals surface area contributed by atoms with Gasteiger partial charge >= 0.3 is 0 Å². The minimum absolute atomic E-state index is 0.0293. The number of aromatic hydroxyl groups is 1. The second-order valence-electron chi connectivity index (χ2n) is 8.01. The lowest BCUT2D eigenvalue weighted by atomic mass is 9.99. The number of phenols is 1. The highest BCUT2D eigenvalue weighted by molar-refractivity contribution is 6.34. The molecule has 2 aliphatic heterocycles. The first-order valence-corrected chi connectivity index (χ1v) is 11.1. The fraction of sp³-hybridized carbons (Fsp3) is 0.250. The van der Waals surface area contributed by atoms with Crippen LogP contribution in [-0.4, -0.2) is 60.2 Å². The fourth-order valence-electron chi connectivity index (χ4n) is 4.46. The number of benzene rings is 2. The molecular formula is C24H21ClF2N4O3. The van der Waals surface area contributed by atoms with Crippen molar-refractivity contribution in [2.75, 3.05) is 49.5 Å². The Labute approximate surface area is 199 Å². The summed E-state index contributed by atoms with van der Waals surface area (Å²) in [4.78, 5) is 20.1. The molecule has 3 aromatic rings. The molecule has 3 heterocycles. The van der Waals surface area contributed by atoms with E-state index in [-0.39, 0.29) is 27.6 Å². The summed E-state index contributed by atoms with van der Waals surface area (Å²) in [5.74, 6) is -1.39. The molecule has 1 saturated heterocycles. The summed E-state index contributed by atoms with van der Waals surface area (Å²) in [6.07, 6.45) is 1.28. The maximum atomic E-state index is 15.9. The number of pyridine rings is 1. The zero-order valence-corrected chi connectivity index (χ0v) is 18.8. The number of rotatable bonds is 3. The number of phenolic OH excluding ortho intramolecular Hbond substituents is 1. The first-order valence-electron chi connectivity index (χ1n) is 10.8. The van der Waals surface area contributed by atoms with Gasteiger partial charge in [-0.15, -0.1) is 0 Å². The summed E-state index contributed by atoms with van der Waals surface area (Å²) in [6.45, 7) is 6.28. The smallest absolute Gasteiger partial charge is 0.246 e. The lowest BCUT2D eigenvalue weighted by Gasteiger charge is -2.37. The van der Waals surface area contributed by atoms with Crippen LogP contribution in [0, 0.1) is 11.6 Å². The molecule has 0 spiro atoms. The van der Waals surface area contributed by atoms with Gasteiger partial charge in [0.05, 0.1) is 22.8 Å². The van der Waals surface area contributed by atoms with Gasteiger partial charge in [0.25, 0.3) is 0 Å². The summed E-state index contributed by atoms with van der Waals surface area (Å²) in [5, 5.41) is 13.7. The molecule has 1 fully saturated rings. The van der Waals surface area contributed by atoms with E-state index < -0.39 is 17.4 Å². The van der Waals surface area contributed by atoms with Gasteiger partial charge in [0.15, 0.2) is 17.4 Å². The molecule has 0 bridgehead atoms. The third kappa shape index (κ3) is 3.56. The second kappa shape index (κ2) is 8.64. The Morgan fingerprint density at radius 1 is 1.24 bits per heavy atom. The van der Waals surface area contributed by atoms with E-state index in [0.29, 0.717) is 62.0 Å². The highest BCUT2D eigenvalue weighted by Crippen LogP contribution is 2.47. The van der Waals surface area contributed by atoms with E-state index in [1.165, 1.54) is 24.3 Å². The molecule has 176 valence electrons. The van der Waals surface area contributed by atoms with Crippen molar-refractivity contribution in [1.29, 1.82) is 0 Å². The van der Waals surface area contributed by atoms with Gasteiger partial charge in [-0.2, -0.15) is 0 Å². The molecule has 0 atom stereocenters. The summed E-state index contributed by atoms with van der Waals surface area (Å²) >= 11 is 6.48. The third-order valence-corrected chi connectivity index (χ3v) is 6.36. The van der Waals surface area contributed by atoms with Crippen LogP contribution >= 0.6 is 11.6 Å². The van der Waals surface area contributed by atoms with E-state index in [4.69, 9.17) is 16.3 Å². The number of halogens is 3. The summed E-state index contributed by atoms with van der Waals surface area (Å²) in [5.41, 5.74) is -0.0172. The standard InChI is InChI=1S/C24H21ClF2N4O3/c1-2-17(33)30-7-9-31(10-8-30)22-13-12-14(25)18(19-15(26)4-3-5-16(19)32)20(27)21(13)29-24-23(22)34-11-6-28-24/h2-5,12,32H,1,6-11H2,(H,28,29). The largest absolute Gasteiger partial charge is 0.507 e. The molecule has 0 saturated carbocycles. The Morgan fingerprint density at radius 3 is 2.71 bits per heavy atom. The maximum Gasteiger partial charge on any atom is 0.246 e. The van der Waals surface area contributed by atoms with Crippen LogP contribution in [0.3, 0.4) is 0 Å². The van der Waals surface area contributed by atoms with Crippen molar-refractivity contribution in [3.63, 3.8) is 0 Å². The van der Waals surface area contributed by atoms with Gasteiger partial charge in [0.2, 0.25) is 5.91 Å². The monoisotopic (exact) mass is 486 g/mol. The number of carbonyl (C=O) groups excluding carboxylic acids is 1. The van der Waals surface area contributed by atoms with Crippen molar-refractivity contribution in [3.05, 3.63) is 53.6 Å². The first-order chi connectivity index (χ1) is 16.4. The Balaban J connectivity index is 1.70. The number of nitrogens with zero attached hydrogens (tertiary/aromatic N) is 3. The number of aromatic nitrogens is 1. The van der Waals surface area contributed by atoms with Crippen LogP contribution in [0.25, 0.3) is 22.0 Å². The zero-order valence-electron chi connectivity index (χ0n) is 18.1. The molecule has 0 unspecified atom stereocenters. The van der Waals surface area contributed by atoms with E-state index in [1.54, 1.807) is 4.90 Å². The van der Waals surface area contributed by atoms with Crippen LogP contribution in [0.4, 0.5) is 20.3 Å². The number of ether oxygens (including phenoxy) is 1.